The molecule has 1 aromatic heterocycles. The smallest absolute Gasteiger partial charge is 0.238 e. The van der Waals surface area contributed by atoms with Crippen molar-refractivity contribution in [2.75, 3.05) is 13.7 Å². The van der Waals surface area contributed by atoms with E-state index in [1.807, 2.05) is 54.6 Å². The maximum atomic E-state index is 14.1. The monoisotopic (exact) mass is 518 g/mol. The minimum Gasteiger partial charge on any atom is -0.496 e. The van der Waals surface area contributed by atoms with Crippen molar-refractivity contribution in [3.63, 3.8) is 0 Å². The molecule has 1 aliphatic heterocycles. The van der Waals surface area contributed by atoms with Crippen molar-refractivity contribution in [1.82, 2.24) is 30.4 Å². The molecule has 8 nitrogen and oxygen atoms in total. The number of amides is 1. The van der Waals surface area contributed by atoms with Crippen LogP contribution in [0.25, 0.3) is 10.8 Å². The number of likely N-dealkylation sites (tertiary alicyclic amines) is 1. The van der Waals surface area contributed by atoms with Crippen molar-refractivity contribution in [2.24, 2.45) is 0 Å². The van der Waals surface area contributed by atoms with Gasteiger partial charge in [-0.05, 0) is 44.8 Å². The molecule has 0 saturated carbocycles. The van der Waals surface area contributed by atoms with E-state index < -0.39 is 0 Å². The van der Waals surface area contributed by atoms with Gasteiger partial charge in [0.2, 0.25) is 5.91 Å². The van der Waals surface area contributed by atoms with Gasteiger partial charge in [-0.1, -0.05) is 91.0 Å². The van der Waals surface area contributed by atoms with Gasteiger partial charge in [0.1, 0.15) is 12.1 Å². The maximum Gasteiger partial charge on any atom is 0.238 e. The van der Waals surface area contributed by atoms with E-state index in [9.17, 15) is 4.79 Å². The first-order valence-electron chi connectivity index (χ1n) is 13.1. The van der Waals surface area contributed by atoms with Crippen molar-refractivity contribution in [2.45, 2.75) is 31.1 Å². The second-order valence-corrected chi connectivity index (χ2v) is 9.86. The number of rotatable bonds is 8. The average molecular weight is 519 g/mol. The molecule has 196 valence electrons. The Hall–Kier alpha value is -4.56. The topological polar surface area (TPSA) is 85.2 Å². The zero-order valence-electron chi connectivity index (χ0n) is 21.7. The number of hydrogen-bond acceptors (Lipinski definition) is 6. The summed E-state index contributed by atoms with van der Waals surface area (Å²) in [6.07, 6.45) is 2.22. The normalized spacial score (nSPS) is 17.5. The average Bonchev–Trinajstić information content (AvgIpc) is 3.68. The Bertz CT molecular complexity index is 1500. The molecule has 0 aliphatic carbocycles. The van der Waals surface area contributed by atoms with Crippen LogP contribution in [0.15, 0.2) is 103 Å². The first-order valence-corrected chi connectivity index (χ1v) is 13.1. The van der Waals surface area contributed by atoms with E-state index >= 15 is 0 Å². The minimum atomic E-state index is -0.377. The molecule has 5 aromatic rings. The summed E-state index contributed by atoms with van der Waals surface area (Å²) in [5.41, 5.74) is 3.14. The van der Waals surface area contributed by atoms with Crippen LogP contribution in [0.3, 0.4) is 0 Å². The number of ether oxygens (including phenoxy) is 1. The number of nitrogens with zero attached hydrogens (tertiary/aromatic N) is 5. The Balaban J connectivity index is 1.34. The lowest BCUT2D eigenvalue weighted by atomic mass is 9.98. The molecule has 0 unspecified atom stereocenters. The van der Waals surface area contributed by atoms with Gasteiger partial charge in [0.15, 0.2) is 0 Å². The van der Waals surface area contributed by atoms with Gasteiger partial charge in [-0.3, -0.25) is 9.69 Å². The van der Waals surface area contributed by atoms with Crippen LogP contribution in [0.4, 0.5) is 0 Å². The zero-order chi connectivity index (χ0) is 26.6. The number of methoxy groups -OCH3 is 1. The van der Waals surface area contributed by atoms with Crippen LogP contribution in [-0.4, -0.2) is 50.7 Å². The van der Waals surface area contributed by atoms with E-state index in [-0.39, 0.29) is 24.0 Å². The van der Waals surface area contributed by atoms with Crippen LogP contribution < -0.4 is 10.1 Å². The molecule has 8 heteroatoms. The predicted octanol–water partition coefficient (Wildman–Crippen LogP) is 4.56. The highest BCUT2D eigenvalue weighted by Gasteiger charge is 2.39. The van der Waals surface area contributed by atoms with Gasteiger partial charge < -0.3 is 10.1 Å². The summed E-state index contributed by atoms with van der Waals surface area (Å²) in [4.78, 5) is 16.3. The number of carbonyl (C=O) groups is 1. The van der Waals surface area contributed by atoms with Crippen LogP contribution in [0, 0.1) is 0 Å². The fourth-order valence-electron chi connectivity index (χ4n) is 5.62. The molecule has 1 N–H and O–H groups in total. The van der Waals surface area contributed by atoms with Crippen LogP contribution in [0.5, 0.6) is 5.75 Å². The first kappa shape index (κ1) is 24.8. The fraction of sp³-hybridized carbons (Fsp3) is 0.226. The number of fused-ring (bicyclic) bond motifs is 1. The maximum absolute atomic E-state index is 14.1. The van der Waals surface area contributed by atoms with Crippen molar-refractivity contribution in [3.8, 4) is 5.75 Å². The Labute approximate surface area is 227 Å². The van der Waals surface area contributed by atoms with E-state index in [1.165, 1.54) is 0 Å². The Morgan fingerprint density at radius 1 is 0.949 bits per heavy atom. The summed E-state index contributed by atoms with van der Waals surface area (Å²) in [7, 11) is 1.69. The van der Waals surface area contributed by atoms with E-state index in [1.54, 1.807) is 18.1 Å². The highest BCUT2D eigenvalue weighted by molar-refractivity contribution is 5.88. The molecule has 1 aliphatic rings. The third-order valence-corrected chi connectivity index (χ3v) is 7.55. The quantitative estimate of drug-likeness (QED) is 0.324. The molecular formula is C31H30N6O2. The van der Waals surface area contributed by atoms with E-state index in [2.05, 4.69) is 68.2 Å². The summed E-state index contributed by atoms with van der Waals surface area (Å²) in [5, 5.41) is 17.4. The van der Waals surface area contributed by atoms with Crippen molar-refractivity contribution in [1.29, 1.82) is 0 Å². The highest BCUT2D eigenvalue weighted by atomic mass is 16.5. The lowest BCUT2D eigenvalue weighted by Crippen LogP contribution is -2.44. The molecule has 2 heterocycles. The number of tetrazole rings is 1. The molecule has 0 spiro atoms. The molecule has 0 radical (unpaired) electrons. The second-order valence-electron chi connectivity index (χ2n) is 9.86. The molecule has 39 heavy (non-hydrogen) atoms. The van der Waals surface area contributed by atoms with Gasteiger partial charge in [0.25, 0.3) is 0 Å². The SMILES string of the molecule is COc1ccc2ccccc2c1CN1C[C@H](n2cnnn2)C[C@H]1C(=O)NC(c1ccccc1)c1ccccc1. The molecule has 1 amide bonds. The van der Waals surface area contributed by atoms with Gasteiger partial charge in [-0.2, -0.15) is 0 Å². The van der Waals surface area contributed by atoms with E-state index in [4.69, 9.17) is 4.74 Å². The zero-order valence-corrected chi connectivity index (χ0v) is 21.7. The number of hydrogen-bond donors (Lipinski definition) is 1. The van der Waals surface area contributed by atoms with Gasteiger partial charge >= 0.3 is 0 Å². The van der Waals surface area contributed by atoms with Crippen molar-refractivity contribution >= 4 is 16.7 Å². The lowest BCUT2D eigenvalue weighted by Gasteiger charge is -2.28. The summed E-state index contributed by atoms with van der Waals surface area (Å²) < 4.78 is 7.53. The fourth-order valence-corrected chi connectivity index (χ4v) is 5.62. The Kier molecular flexibility index (Phi) is 7.01. The minimum absolute atomic E-state index is 0.0244. The van der Waals surface area contributed by atoms with E-state index in [0.29, 0.717) is 19.5 Å². The number of carbonyl (C=O) groups excluding carboxylic acids is 1. The summed E-state index contributed by atoms with van der Waals surface area (Å²) in [6, 6.07) is 31.9. The second kappa shape index (κ2) is 11.0. The molecule has 4 aromatic carbocycles. The summed E-state index contributed by atoms with van der Waals surface area (Å²) in [6.45, 7) is 1.19. The van der Waals surface area contributed by atoms with Gasteiger partial charge in [-0.25, -0.2) is 4.68 Å². The predicted molar refractivity (Wildman–Crippen MR) is 149 cm³/mol. The van der Waals surface area contributed by atoms with Crippen LogP contribution in [0.2, 0.25) is 0 Å². The first-order chi connectivity index (χ1) is 19.2. The van der Waals surface area contributed by atoms with Gasteiger partial charge in [0, 0.05) is 18.7 Å². The molecule has 6 rings (SSSR count). The van der Waals surface area contributed by atoms with Crippen LogP contribution in [-0.2, 0) is 11.3 Å². The molecule has 1 saturated heterocycles. The van der Waals surface area contributed by atoms with Crippen molar-refractivity contribution < 1.29 is 9.53 Å². The summed E-state index contributed by atoms with van der Waals surface area (Å²) in [5.74, 6) is 0.785. The van der Waals surface area contributed by atoms with Crippen molar-refractivity contribution in [3.05, 3.63) is 120 Å². The Morgan fingerprint density at radius 2 is 1.64 bits per heavy atom. The molecule has 2 atom stereocenters. The third kappa shape index (κ3) is 5.11. The number of nitrogens with one attached hydrogen (secondary N) is 1. The van der Waals surface area contributed by atoms with E-state index in [0.717, 1.165) is 33.2 Å². The van der Waals surface area contributed by atoms with Crippen LogP contribution >= 0.6 is 0 Å². The Morgan fingerprint density at radius 3 is 2.31 bits per heavy atom. The lowest BCUT2D eigenvalue weighted by molar-refractivity contribution is -0.126. The summed E-state index contributed by atoms with van der Waals surface area (Å²) >= 11 is 0. The van der Waals surface area contributed by atoms with Gasteiger partial charge in [0.05, 0.1) is 25.2 Å². The largest absolute Gasteiger partial charge is 0.496 e. The number of aromatic nitrogens is 4. The van der Waals surface area contributed by atoms with Crippen LogP contribution in [0.1, 0.15) is 35.2 Å². The standard InChI is InChI=1S/C31H30N6O2/c1-39-29-17-16-22-10-8-9-15-26(22)27(29)20-36-19-25(37-21-32-34-35-37)18-28(36)31(38)33-30(23-11-4-2-5-12-23)24-13-6-3-7-14-24/h2-17,21,25,28,30H,18-20H2,1H3,(H,33,38)/t25-,28+/m1/s1. The molecule has 1 fully saturated rings. The molecular weight excluding hydrogens is 488 g/mol. The third-order valence-electron chi connectivity index (χ3n) is 7.55. The molecule has 0 bridgehead atoms. The number of benzene rings is 4. The highest BCUT2D eigenvalue weighted by Crippen LogP contribution is 2.34. The van der Waals surface area contributed by atoms with Gasteiger partial charge in [-0.15, -0.1) is 5.10 Å².